The van der Waals surface area contributed by atoms with Gasteiger partial charge in [0.1, 0.15) is 24.6 Å². The Balaban J connectivity index is 0. The van der Waals surface area contributed by atoms with Crippen LogP contribution in [0.15, 0.2) is 31.1 Å². The molecule has 2 atom stereocenters. The molecule has 1 saturated heterocycles. The molecular weight excluding hydrogens is 572 g/mol. The molecule has 0 aliphatic carbocycles. The second-order valence-electron chi connectivity index (χ2n) is 10.8. The lowest BCUT2D eigenvalue weighted by Gasteiger charge is -2.25. The number of esters is 1. The molecule has 10 nitrogen and oxygen atoms in total. The summed E-state index contributed by atoms with van der Waals surface area (Å²) in [4.78, 5) is 16.2. The maximum absolute atomic E-state index is 12.0. The van der Waals surface area contributed by atoms with Crippen molar-refractivity contribution in [2.45, 2.75) is 118 Å². The van der Waals surface area contributed by atoms with Gasteiger partial charge in [0.25, 0.3) is 0 Å². The molecular formula is C35H62N4O6. The fourth-order valence-electron chi connectivity index (χ4n) is 5.04. The van der Waals surface area contributed by atoms with Crippen molar-refractivity contribution in [1.82, 2.24) is 14.6 Å². The van der Waals surface area contributed by atoms with Gasteiger partial charge in [-0.15, -0.1) is 19.4 Å². The first-order valence-corrected chi connectivity index (χ1v) is 16.2. The highest BCUT2D eigenvalue weighted by molar-refractivity contribution is 5.72. The Morgan fingerprint density at radius 1 is 1.09 bits per heavy atom. The van der Waals surface area contributed by atoms with Crippen molar-refractivity contribution < 1.29 is 29.6 Å². The Kier molecular flexibility index (Phi) is 24.8. The van der Waals surface area contributed by atoms with Gasteiger partial charge >= 0.3 is 5.97 Å². The second-order valence-corrected chi connectivity index (χ2v) is 10.8. The van der Waals surface area contributed by atoms with E-state index in [1.165, 1.54) is 26.1 Å². The second kappa shape index (κ2) is 25.2. The van der Waals surface area contributed by atoms with Crippen molar-refractivity contribution in [1.29, 1.82) is 0 Å². The topological polar surface area (TPSA) is 138 Å². The van der Waals surface area contributed by atoms with Crippen molar-refractivity contribution >= 4 is 17.3 Å². The summed E-state index contributed by atoms with van der Waals surface area (Å²) in [7, 11) is 2.84. The number of nitrogens with zero attached hydrogens (tertiary/aromatic N) is 3. The van der Waals surface area contributed by atoms with E-state index in [0.29, 0.717) is 6.61 Å². The molecule has 0 amide bonds. The summed E-state index contributed by atoms with van der Waals surface area (Å²) in [6.45, 7) is 17.8. The van der Waals surface area contributed by atoms with Gasteiger partial charge in [-0.25, -0.2) is 9.50 Å². The van der Waals surface area contributed by atoms with E-state index in [-0.39, 0.29) is 30.0 Å². The largest absolute Gasteiger partial charge is 0.463 e. The van der Waals surface area contributed by atoms with Gasteiger partial charge in [0.05, 0.1) is 17.7 Å². The number of carbonyl (C=O) groups is 1. The van der Waals surface area contributed by atoms with Crippen LogP contribution in [0.25, 0.3) is 5.52 Å². The number of ether oxygens (including phenoxy) is 2. The van der Waals surface area contributed by atoms with Crippen molar-refractivity contribution in [3.05, 3.63) is 36.8 Å². The summed E-state index contributed by atoms with van der Waals surface area (Å²) in [5.74, 6) is -0.0591. The van der Waals surface area contributed by atoms with Gasteiger partial charge in [-0.1, -0.05) is 47.6 Å². The van der Waals surface area contributed by atoms with Gasteiger partial charge in [0, 0.05) is 20.1 Å². The molecule has 4 N–H and O–H groups in total. The Hall–Kier alpha value is -2.97. The van der Waals surface area contributed by atoms with E-state index in [1.807, 2.05) is 57.5 Å². The third kappa shape index (κ3) is 15.2. The summed E-state index contributed by atoms with van der Waals surface area (Å²) in [5.41, 5.74) is 1.93. The predicted octanol–water partition coefficient (Wildman–Crippen LogP) is 6.56. The van der Waals surface area contributed by atoms with Crippen molar-refractivity contribution in [3.63, 3.8) is 0 Å². The third-order valence-corrected chi connectivity index (χ3v) is 8.03. The van der Waals surface area contributed by atoms with Crippen LogP contribution in [0, 0.1) is 30.6 Å². The van der Waals surface area contributed by atoms with Crippen molar-refractivity contribution in [2.75, 3.05) is 26.1 Å². The fraction of sp³-hybridized carbons (Fsp3) is 0.686. The molecule has 45 heavy (non-hydrogen) atoms. The maximum atomic E-state index is 12.0. The van der Waals surface area contributed by atoms with Crippen LogP contribution in [0.1, 0.15) is 112 Å². The van der Waals surface area contributed by atoms with E-state index in [4.69, 9.17) is 24.8 Å². The minimum absolute atomic E-state index is 0.0107. The highest BCUT2D eigenvalue weighted by Gasteiger charge is 2.30. The lowest BCUT2D eigenvalue weighted by atomic mass is 9.95. The van der Waals surface area contributed by atoms with E-state index < -0.39 is 5.79 Å². The number of terminal acetylenes is 1. The van der Waals surface area contributed by atoms with Gasteiger partial charge in [0.2, 0.25) is 0 Å². The van der Waals surface area contributed by atoms with Crippen LogP contribution in [-0.4, -0.2) is 68.5 Å². The molecule has 0 spiro atoms. The number of aliphatic hydroxyl groups is 3. The molecule has 2 aromatic heterocycles. The fourth-order valence-corrected chi connectivity index (χ4v) is 5.04. The van der Waals surface area contributed by atoms with Gasteiger partial charge in [-0.3, -0.25) is 4.79 Å². The van der Waals surface area contributed by atoms with Crippen LogP contribution in [0.3, 0.4) is 0 Å². The number of allylic oxidation sites excluding steroid dienone is 1. The predicted molar refractivity (Wildman–Crippen MR) is 184 cm³/mol. The van der Waals surface area contributed by atoms with E-state index in [9.17, 15) is 4.79 Å². The molecule has 0 radical (unpaired) electrons. The molecule has 1 aliphatic heterocycles. The van der Waals surface area contributed by atoms with Crippen LogP contribution in [-0.2, 0) is 14.3 Å². The summed E-state index contributed by atoms with van der Waals surface area (Å²) >= 11 is 0. The van der Waals surface area contributed by atoms with E-state index in [1.54, 1.807) is 0 Å². The van der Waals surface area contributed by atoms with Crippen LogP contribution < -0.4 is 5.32 Å². The summed E-state index contributed by atoms with van der Waals surface area (Å²) in [6.07, 6.45) is 19.0. The lowest BCUT2D eigenvalue weighted by Crippen LogP contribution is -2.33. The van der Waals surface area contributed by atoms with Crippen LogP contribution in [0.4, 0.5) is 5.82 Å². The number of nitrogens with one attached hydrogen (secondary N) is 1. The number of hydrogen-bond acceptors (Lipinski definition) is 9. The number of carbonyl (C=O) groups excluding carboxylic acids is 1. The Labute approximate surface area is 272 Å². The number of aromatic nitrogens is 3. The number of rotatable bonds is 13. The maximum Gasteiger partial charge on any atom is 0.308 e. The SMILES string of the molecule is C#C.C=CC(CC)CC.CCC(CC)C(=O)OCC1CCC(c2ccc3c(NC)ncnn23)O1.CCC(CC)C(C)(O)O.CO. The Morgan fingerprint density at radius 3 is 2.07 bits per heavy atom. The molecule has 3 rings (SSSR count). The molecule has 258 valence electrons. The zero-order chi connectivity index (χ0) is 35.0. The van der Waals surface area contributed by atoms with Gasteiger partial charge in [0.15, 0.2) is 11.6 Å². The van der Waals surface area contributed by atoms with Gasteiger partial charge in [-0.2, -0.15) is 5.10 Å². The molecule has 2 aromatic rings. The van der Waals surface area contributed by atoms with E-state index >= 15 is 0 Å². The molecule has 1 aliphatic rings. The minimum atomic E-state index is -1.48. The first kappa shape index (κ1) is 44.2. The van der Waals surface area contributed by atoms with Crippen molar-refractivity contribution in [3.8, 4) is 12.8 Å². The summed E-state index contributed by atoms with van der Waals surface area (Å²) in [5, 5.41) is 32.5. The average molecular weight is 635 g/mol. The molecule has 2 unspecified atom stereocenters. The normalized spacial score (nSPS) is 15.5. The Morgan fingerprint density at radius 2 is 1.67 bits per heavy atom. The number of anilines is 1. The first-order valence-electron chi connectivity index (χ1n) is 16.2. The quantitative estimate of drug-likeness (QED) is 0.0835. The molecule has 0 bridgehead atoms. The molecule has 3 heterocycles. The van der Waals surface area contributed by atoms with Crippen LogP contribution >= 0.6 is 0 Å². The Bertz CT molecular complexity index is 1050. The highest BCUT2D eigenvalue weighted by Crippen LogP contribution is 2.34. The van der Waals surface area contributed by atoms with Crippen molar-refractivity contribution in [2.24, 2.45) is 17.8 Å². The molecule has 10 heteroatoms. The highest BCUT2D eigenvalue weighted by atomic mass is 16.6. The smallest absolute Gasteiger partial charge is 0.308 e. The molecule has 0 saturated carbocycles. The minimum Gasteiger partial charge on any atom is -0.463 e. The zero-order valence-corrected chi connectivity index (χ0v) is 29.3. The summed E-state index contributed by atoms with van der Waals surface area (Å²) < 4.78 is 13.4. The van der Waals surface area contributed by atoms with Gasteiger partial charge < -0.3 is 30.1 Å². The zero-order valence-electron chi connectivity index (χ0n) is 29.3. The van der Waals surface area contributed by atoms with E-state index in [0.717, 1.165) is 68.6 Å². The van der Waals surface area contributed by atoms with E-state index in [2.05, 4.69) is 48.7 Å². The standard InChI is InChI=1S/C18H26N4O3.C7H16O2.C7H14.C2H2.CH4O/c1-4-12(5-2)18(23)24-10-13-6-9-16(25-13)14-7-8-15-17(19-3)20-11-21-22(14)15;1-4-6(5-2)7(3,8)9;1-4-7(5-2)6-3;2*1-2/h7-8,11-13,16H,4-6,9-10H2,1-3H3,(H,19,20,21);6,8-9H,4-5H2,1-3H3;4,7H,1,5-6H2,2-3H3;1-2H;2H,1H3. The lowest BCUT2D eigenvalue weighted by molar-refractivity contribution is -0.186. The third-order valence-electron chi connectivity index (χ3n) is 8.03. The van der Waals surface area contributed by atoms with Crippen LogP contribution in [0.5, 0.6) is 0 Å². The number of aliphatic hydroxyl groups excluding tert-OH is 1. The first-order chi connectivity index (χ1) is 21.5. The monoisotopic (exact) mass is 634 g/mol. The number of fused-ring (bicyclic) bond motifs is 1. The molecule has 0 aromatic carbocycles. The number of hydrogen-bond donors (Lipinski definition) is 4. The molecule has 1 fully saturated rings. The average Bonchev–Trinajstić information content (AvgIpc) is 3.71. The summed E-state index contributed by atoms with van der Waals surface area (Å²) in [6, 6.07) is 4.01. The van der Waals surface area contributed by atoms with Crippen LogP contribution in [0.2, 0.25) is 0 Å². The van der Waals surface area contributed by atoms with Gasteiger partial charge in [-0.05, 0) is 76.3 Å².